The summed E-state index contributed by atoms with van der Waals surface area (Å²) in [5.41, 5.74) is 0.409. The number of carbonyl (C=O) groups excluding carboxylic acids is 3. The van der Waals surface area contributed by atoms with Crippen LogP contribution < -0.4 is 10.6 Å². The Morgan fingerprint density at radius 1 is 1.47 bits per heavy atom. The topological polar surface area (TPSA) is 91.4 Å². The summed E-state index contributed by atoms with van der Waals surface area (Å²) >= 11 is 3.22. The highest BCUT2D eigenvalue weighted by molar-refractivity contribution is 9.10. The summed E-state index contributed by atoms with van der Waals surface area (Å²) in [6.45, 7) is 0.366. The van der Waals surface area contributed by atoms with E-state index in [1.54, 1.807) is 12.3 Å². The second kappa shape index (κ2) is 5.79. The van der Waals surface area contributed by atoms with Gasteiger partial charge in [-0.25, -0.2) is 4.79 Å². The Kier molecular flexibility index (Phi) is 4.10. The normalized spacial score (nSPS) is 14.5. The number of aromatic nitrogens is 1. The van der Waals surface area contributed by atoms with Crippen LogP contribution in [-0.2, 0) is 4.79 Å². The summed E-state index contributed by atoms with van der Waals surface area (Å²) in [5.74, 6) is -0.593. The SMILES string of the molecule is O=C(NCCN1C(=O)CNC1=O)c1cncc(Br)c1. The summed E-state index contributed by atoms with van der Waals surface area (Å²) in [6.07, 6.45) is 3.01. The van der Waals surface area contributed by atoms with Gasteiger partial charge in [0.25, 0.3) is 5.91 Å². The largest absolute Gasteiger partial charge is 0.350 e. The zero-order chi connectivity index (χ0) is 13.8. The molecule has 0 bridgehead atoms. The van der Waals surface area contributed by atoms with Gasteiger partial charge in [-0.15, -0.1) is 0 Å². The van der Waals surface area contributed by atoms with Gasteiger partial charge in [0.15, 0.2) is 0 Å². The predicted molar refractivity (Wildman–Crippen MR) is 69.4 cm³/mol. The van der Waals surface area contributed by atoms with Crippen molar-refractivity contribution in [3.63, 3.8) is 0 Å². The molecule has 0 radical (unpaired) electrons. The monoisotopic (exact) mass is 326 g/mol. The molecule has 2 heterocycles. The molecule has 0 unspecified atom stereocenters. The molecule has 0 spiro atoms. The van der Waals surface area contributed by atoms with Crippen LogP contribution in [0.1, 0.15) is 10.4 Å². The second-order valence-electron chi connectivity index (χ2n) is 3.85. The Hall–Kier alpha value is -1.96. The van der Waals surface area contributed by atoms with E-state index in [9.17, 15) is 14.4 Å². The number of imide groups is 1. The lowest BCUT2D eigenvalue weighted by atomic mass is 10.3. The van der Waals surface area contributed by atoms with Crippen LogP contribution in [0.4, 0.5) is 4.79 Å². The average Bonchev–Trinajstić information content (AvgIpc) is 2.70. The number of carbonyl (C=O) groups is 3. The van der Waals surface area contributed by atoms with E-state index in [1.807, 2.05) is 0 Å². The van der Waals surface area contributed by atoms with E-state index in [1.165, 1.54) is 6.20 Å². The first-order chi connectivity index (χ1) is 9.08. The van der Waals surface area contributed by atoms with Crippen molar-refractivity contribution in [2.45, 2.75) is 0 Å². The molecule has 7 nitrogen and oxygen atoms in total. The number of urea groups is 1. The predicted octanol–water partition coefficient (Wildman–Crippen LogP) is 0.126. The van der Waals surface area contributed by atoms with Crippen molar-refractivity contribution in [3.8, 4) is 0 Å². The Labute approximate surface area is 117 Å². The van der Waals surface area contributed by atoms with Crippen molar-refractivity contribution in [3.05, 3.63) is 28.5 Å². The Morgan fingerprint density at radius 2 is 2.26 bits per heavy atom. The van der Waals surface area contributed by atoms with E-state index in [4.69, 9.17) is 0 Å². The molecule has 2 N–H and O–H groups in total. The highest BCUT2D eigenvalue weighted by Crippen LogP contribution is 2.09. The summed E-state index contributed by atoms with van der Waals surface area (Å²) in [4.78, 5) is 39.2. The first-order valence-electron chi connectivity index (χ1n) is 5.55. The van der Waals surface area contributed by atoms with E-state index in [0.29, 0.717) is 10.0 Å². The molecule has 1 fully saturated rings. The molecule has 1 aliphatic heterocycles. The maximum absolute atomic E-state index is 11.8. The van der Waals surface area contributed by atoms with Crippen molar-refractivity contribution in [1.29, 1.82) is 0 Å². The van der Waals surface area contributed by atoms with Crippen LogP contribution in [0.15, 0.2) is 22.9 Å². The number of rotatable bonds is 4. The summed E-state index contributed by atoms with van der Waals surface area (Å²) in [5, 5.41) is 5.03. The molecule has 8 heteroatoms. The maximum atomic E-state index is 11.8. The number of amides is 4. The van der Waals surface area contributed by atoms with Gasteiger partial charge >= 0.3 is 6.03 Å². The van der Waals surface area contributed by atoms with Gasteiger partial charge in [0.1, 0.15) is 0 Å². The van der Waals surface area contributed by atoms with Crippen LogP contribution >= 0.6 is 15.9 Å². The Bertz CT molecular complexity index is 518. The van der Waals surface area contributed by atoms with Crippen LogP contribution in [0.5, 0.6) is 0 Å². The van der Waals surface area contributed by atoms with Crippen molar-refractivity contribution in [1.82, 2.24) is 20.5 Å². The van der Waals surface area contributed by atoms with Crippen molar-refractivity contribution in [2.75, 3.05) is 19.6 Å². The fraction of sp³-hybridized carbons (Fsp3) is 0.273. The lowest BCUT2D eigenvalue weighted by molar-refractivity contribution is -0.124. The van der Waals surface area contributed by atoms with Crippen LogP contribution in [0.3, 0.4) is 0 Å². The Balaban J connectivity index is 1.84. The molecule has 0 atom stereocenters. The van der Waals surface area contributed by atoms with E-state index < -0.39 is 6.03 Å². The smallest absolute Gasteiger partial charge is 0.324 e. The fourth-order valence-corrected chi connectivity index (χ4v) is 1.97. The van der Waals surface area contributed by atoms with E-state index in [2.05, 4.69) is 31.5 Å². The van der Waals surface area contributed by atoms with Gasteiger partial charge in [-0.3, -0.25) is 19.5 Å². The first kappa shape index (κ1) is 13.5. The van der Waals surface area contributed by atoms with Gasteiger partial charge in [0, 0.05) is 30.0 Å². The molecule has 100 valence electrons. The molecule has 1 aromatic rings. The van der Waals surface area contributed by atoms with Crippen LogP contribution in [0.2, 0.25) is 0 Å². The third kappa shape index (κ3) is 3.28. The highest BCUT2D eigenvalue weighted by Gasteiger charge is 2.27. The van der Waals surface area contributed by atoms with Crippen LogP contribution in [0, 0.1) is 0 Å². The molecule has 1 aromatic heterocycles. The number of hydrogen-bond acceptors (Lipinski definition) is 4. The van der Waals surface area contributed by atoms with Crippen LogP contribution in [0.25, 0.3) is 0 Å². The standard InChI is InChI=1S/C11H11BrN4O3/c12-8-3-7(4-13-5-8)10(18)14-1-2-16-9(17)6-15-11(16)19/h3-5H,1-2,6H2,(H,14,18)(H,15,19). The molecule has 0 aliphatic carbocycles. The molecule has 1 saturated heterocycles. The molecule has 1 aliphatic rings. The third-order valence-corrected chi connectivity index (χ3v) is 2.96. The van der Waals surface area contributed by atoms with Gasteiger partial charge in [0.05, 0.1) is 12.1 Å². The van der Waals surface area contributed by atoms with Gasteiger partial charge in [-0.2, -0.15) is 0 Å². The van der Waals surface area contributed by atoms with Gasteiger partial charge in [0.2, 0.25) is 5.91 Å². The third-order valence-electron chi connectivity index (χ3n) is 2.53. The average molecular weight is 327 g/mol. The quantitative estimate of drug-likeness (QED) is 0.769. The van der Waals surface area contributed by atoms with Crippen molar-refractivity contribution < 1.29 is 14.4 Å². The van der Waals surface area contributed by atoms with Gasteiger partial charge < -0.3 is 10.6 Å². The maximum Gasteiger partial charge on any atom is 0.324 e. The molecule has 0 saturated carbocycles. The lowest BCUT2D eigenvalue weighted by Crippen LogP contribution is -2.38. The number of nitrogens with zero attached hydrogens (tertiary/aromatic N) is 2. The number of hydrogen-bond donors (Lipinski definition) is 2. The zero-order valence-corrected chi connectivity index (χ0v) is 11.4. The van der Waals surface area contributed by atoms with Crippen molar-refractivity contribution in [2.24, 2.45) is 0 Å². The summed E-state index contributed by atoms with van der Waals surface area (Å²) < 4.78 is 0.703. The second-order valence-corrected chi connectivity index (χ2v) is 4.77. The van der Waals surface area contributed by atoms with Gasteiger partial charge in [-0.05, 0) is 22.0 Å². The number of pyridine rings is 1. The van der Waals surface area contributed by atoms with E-state index >= 15 is 0 Å². The molecule has 0 aromatic carbocycles. The Morgan fingerprint density at radius 3 is 2.89 bits per heavy atom. The molecule has 2 rings (SSSR count). The molecule has 4 amide bonds. The lowest BCUT2D eigenvalue weighted by Gasteiger charge is -2.12. The van der Waals surface area contributed by atoms with Crippen LogP contribution in [-0.4, -0.2) is 47.4 Å². The van der Waals surface area contributed by atoms with E-state index in [-0.39, 0.29) is 31.4 Å². The van der Waals surface area contributed by atoms with Gasteiger partial charge in [-0.1, -0.05) is 0 Å². The summed E-state index contributed by atoms with van der Waals surface area (Å²) in [7, 11) is 0. The fourth-order valence-electron chi connectivity index (χ4n) is 1.60. The molecular formula is C11H11BrN4O3. The zero-order valence-electron chi connectivity index (χ0n) is 9.85. The summed E-state index contributed by atoms with van der Waals surface area (Å²) in [6, 6.07) is 1.21. The molecule has 19 heavy (non-hydrogen) atoms. The minimum Gasteiger partial charge on any atom is -0.350 e. The minimum atomic E-state index is -0.427. The molecular weight excluding hydrogens is 316 g/mol. The highest BCUT2D eigenvalue weighted by atomic mass is 79.9. The van der Waals surface area contributed by atoms with E-state index in [0.717, 1.165) is 4.90 Å². The minimum absolute atomic E-state index is 0.0162. The number of halogens is 1. The first-order valence-corrected chi connectivity index (χ1v) is 6.34. The number of nitrogens with one attached hydrogen (secondary N) is 2. The van der Waals surface area contributed by atoms with Crippen molar-refractivity contribution >= 4 is 33.8 Å².